The van der Waals surface area contributed by atoms with E-state index >= 15 is 0 Å². The highest BCUT2D eigenvalue weighted by atomic mass is 31.2. The molecule has 118 valence electrons. The van der Waals surface area contributed by atoms with Crippen LogP contribution in [0.4, 0.5) is 0 Å². The second-order valence-electron chi connectivity index (χ2n) is 5.02. The maximum absolute atomic E-state index is 10.9. The summed E-state index contributed by atoms with van der Waals surface area (Å²) in [4.78, 5) is 17.7. The largest absolute Gasteiger partial charge is 0.457 e. The monoisotopic (exact) mass is 322 g/mol. The van der Waals surface area contributed by atoms with Gasteiger partial charge >= 0.3 is 7.60 Å². The number of aliphatic hydroxyl groups excluding tert-OH is 1. The Kier molecular flexibility index (Phi) is 5.75. The third-order valence-electron chi connectivity index (χ3n) is 3.19. The summed E-state index contributed by atoms with van der Waals surface area (Å²) < 4.78 is 16.6. The average molecular weight is 322 g/mol. The lowest BCUT2D eigenvalue weighted by atomic mass is 10.1. The van der Waals surface area contributed by atoms with Crippen LogP contribution in [-0.4, -0.2) is 20.7 Å². The Labute approximate surface area is 129 Å². The molecule has 1 atom stereocenters. The lowest BCUT2D eigenvalue weighted by Gasteiger charge is -2.12. The van der Waals surface area contributed by atoms with Crippen molar-refractivity contribution in [2.75, 3.05) is 0 Å². The van der Waals surface area contributed by atoms with Gasteiger partial charge in [0.15, 0.2) is 5.85 Å². The fourth-order valence-corrected chi connectivity index (χ4v) is 2.56. The van der Waals surface area contributed by atoms with Crippen molar-refractivity contribution in [3.05, 3.63) is 60.2 Å². The normalized spacial score (nSPS) is 12.9. The Balaban J connectivity index is 1.90. The van der Waals surface area contributed by atoms with E-state index in [-0.39, 0.29) is 6.42 Å². The smallest absolute Gasteiger partial charge is 0.353 e. The highest BCUT2D eigenvalue weighted by Crippen LogP contribution is 2.41. The Bertz CT molecular complexity index is 638. The maximum atomic E-state index is 10.9. The molecule has 22 heavy (non-hydrogen) atoms. The van der Waals surface area contributed by atoms with E-state index < -0.39 is 13.4 Å². The molecule has 0 fully saturated rings. The zero-order chi connectivity index (χ0) is 16.0. The summed E-state index contributed by atoms with van der Waals surface area (Å²) in [5.74, 6) is -0.132. The highest BCUT2D eigenvalue weighted by molar-refractivity contribution is 7.52. The first kappa shape index (κ1) is 16.7. The molecule has 0 unspecified atom stereocenters. The van der Waals surface area contributed by atoms with Crippen LogP contribution in [0.3, 0.4) is 0 Å². The molecule has 0 heterocycles. The van der Waals surface area contributed by atoms with Crippen molar-refractivity contribution >= 4 is 7.60 Å². The van der Waals surface area contributed by atoms with Crippen LogP contribution in [0.25, 0.3) is 0 Å². The van der Waals surface area contributed by atoms with Crippen LogP contribution < -0.4 is 4.74 Å². The van der Waals surface area contributed by atoms with Crippen LogP contribution in [0.2, 0.25) is 0 Å². The minimum atomic E-state index is -4.40. The summed E-state index contributed by atoms with van der Waals surface area (Å²) in [6.45, 7) is 0. The predicted octanol–water partition coefficient (Wildman–Crippen LogP) is 3.30. The van der Waals surface area contributed by atoms with Crippen LogP contribution in [-0.2, 0) is 11.0 Å². The summed E-state index contributed by atoms with van der Waals surface area (Å²) in [5, 5.41) is 9.33. The first-order valence-corrected chi connectivity index (χ1v) is 8.68. The van der Waals surface area contributed by atoms with Crippen molar-refractivity contribution < 1.29 is 24.2 Å². The maximum Gasteiger partial charge on any atom is 0.353 e. The molecule has 6 heteroatoms. The molecule has 2 aromatic rings. The second kappa shape index (κ2) is 7.56. The van der Waals surface area contributed by atoms with E-state index in [2.05, 4.69) is 0 Å². The second-order valence-corrected chi connectivity index (χ2v) is 6.80. The number of aliphatic hydroxyl groups is 1. The van der Waals surface area contributed by atoms with E-state index in [1.54, 1.807) is 0 Å². The van der Waals surface area contributed by atoms with E-state index in [0.29, 0.717) is 18.6 Å². The SMILES string of the molecule is O=P(O)(O)[C@@H](O)CCCc1cccc(Oc2ccccc2)c1. The number of benzene rings is 2. The summed E-state index contributed by atoms with van der Waals surface area (Å²) in [5.41, 5.74) is 0.992. The highest BCUT2D eigenvalue weighted by Gasteiger charge is 2.25. The molecule has 0 aliphatic carbocycles. The lowest BCUT2D eigenvalue weighted by Crippen LogP contribution is -2.07. The van der Waals surface area contributed by atoms with Crippen LogP contribution in [0.5, 0.6) is 11.5 Å². The number of hydrogen-bond donors (Lipinski definition) is 3. The van der Waals surface area contributed by atoms with Gasteiger partial charge in [0.2, 0.25) is 0 Å². The fraction of sp³-hybridized carbons (Fsp3) is 0.250. The van der Waals surface area contributed by atoms with Crippen LogP contribution >= 0.6 is 7.60 Å². The van der Waals surface area contributed by atoms with Crippen molar-refractivity contribution in [3.63, 3.8) is 0 Å². The zero-order valence-corrected chi connectivity index (χ0v) is 12.9. The van der Waals surface area contributed by atoms with E-state index in [1.807, 2.05) is 54.6 Å². The van der Waals surface area contributed by atoms with E-state index in [1.165, 1.54) is 0 Å². The van der Waals surface area contributed by atoms with Gasteiger partial charge in [0.25, 0.3) is 0 Å². The van der Waals surface area contributed by atoms with Gasteiger partial charge in [-0.15, -0.1) is 0 Å². The van der Waals surface area contributed by atoms with E-state index in [4.69, 9.17) is 14.5 Å². The predicted molar refractivity (Wildman–Crippen MR) is 83.9 cm³/mol. The fourth-order valence-electron chi connectivity index (χ4n) is 2.05. The molecule has 0 aliphatic rings. The topological polar surface area (TPSA) is 87.0 Å². The molecular weight excluding hydrogens is 303 g/mol. The summed E-state index contributed by atoms with van der Waals surface area (Å²) in [7, 11) is -4.40. The van der Waals surface area contributed by atoms with Crippen molar-refractivity contribution in [1.29, 1.82) is 0 Å². The van der Waals surface area contributed by atoms with Crippen molar-refractivity contribution in [3.8, 4) is 11.5 Å². The quantitative estimate of drug-likeness (QED) is 0.681. The van der Waals surface area contributed by atoms with Gasteiger partial charge in [0.1, 0.15) is 11.5 Å². The standard InChI is InChI=1S/C16H19O5P/c17-16(22(18,19)20)11-5-7-13-6-4-10-15(12-13)21-14-8-2-1-3-9-14/h1-4,6,8-10,12,16-17H,5,7,11H2,(H2,18,19,20)/t16-/m1/s1. The van der Waals surface area contributed by atoms with E-state index in [9.17, 15) is 9.67 Å². The minimum Gasteiger partial charge on any atom is -0.457 e. The van der Waals surface area contributed by atoms with Crippen molar-refractivity contribution in [2.24, 2.45) is 0 Å². The molecule has 0 saturated carbocycles. The lowest BCUT2D eigenvalue weighted by molar-refractivity contribution is 0.191. The third-order valence-corrected chi connectivity index (χ3v) is 4.23. The molecule has 0 amide bonds. The van der Waals surface area contributed by atoms with Crippen LogP contribution in [0, 0.1) is 0 Å². The molecule has 0 spiro atoms. The van der Waals surface area contributed by atoms with E-state index in [0.717, 1.165) is 11.3 Å². The first-order valence-electron chi connectivity index (χ1n) is 7.00. The van der Waals surface area contributed by atoms with Gasteiger partial charge in [-0.1, -0.05) is 30.3 Å². The summed E-state index contributed by atoms with van der Waals surface area (Å²) >= 11 is 0. The Morgan fingerprint density at radius 3 is 2.36 bits per heavy atom. The van der Waals surface area contributed by atoms with Gasteiger partial charge in [-0.3, -0.25) is 4.57 Å². The Morgan fingerprint density at radius 1 is 1.00 bits per heavy atom. The van der Waals surface area contributed by atoms with Gasteiger partial charge < -0.3 is 19.6 Å². The van der Waals surface area contributed by atoms with Crippen LogP contribution in [0.15, 0.2) is 54.6 Å². The summed E-state index contributed by atoms with van der Waals surface area (Å²) in [6, 6.07) is 16.9. The average Bonchev–Trinajstić information content (AvgIpc) is 2.47. The van der Waals surface area contributed by atoms with Gasteiger partial charge in [0.05, 0.1) is 0 Å². The van der Waals surface area contributed by atoms with Crippen molar-refractivity contribution in [2.45, 2.75) is 25.1 Å². The van der Waals surface area contributed by atoms with Gasteiger partial charge in [0, 0.05) is 0 Å². The molecule has 0 radical (unpaired) electrons. The molecule has 2 rings (SSSR count). The molecule has 3 N–H and O–H groups in total. The van der Waals surface area contributed by atoms with Crippen molar-refractivity contribution in [1.82, 2.24) is 0 Å². The molecule has 0 aromatic heterocycles. The Hall–Kier alpha value is -1.65. The van der Waals surface area contributed by atoms with Gasteiger partial charge in [-0.25, -0.2) is 0 Å². The number of aryl methyl sites for hydroxylation is 1. The van der Waals surface area contributed by atoms with Gasteiger partial charge in [-0.2, -0.15) is 0 Å². The number of hydrogen-bond acceptors (Lipinski definition) is 3. The Morgan fingerprint density at radius 2 is 1.68 bits per heavy atom. The third kappa shape index (κ3) is 5.28. The molecule has 5 nitrogen and oxygen atoms in total. The number of ether oxygens (including phenoxy) is 1. The number of rotatable bonds is 7. The van der Waals surface area contributed by atoms with Gasteiger partial charge in [-0.05, 0) is 49.1 Å². The molecular formula is C16H19O5P. The number of para-hydroxylation sites is 1. The van der Waals surface area contributed by atoms with Crippen LogP contribution in [0.1, 0.15) is 18.4 Å². The first-order chi connectivity index (χ1) is 10.4. The summed E-state index contributed by atoms with van der Waals surface area (Å²) in [6.07, 6.45) is 1.16. The zero-order valence-electron chi connectivity index (χ0n) is 12.0. The molecule has 2 aromatic carbocycles. The minimum absolute atomic E-state index is 0.0635. The molecule has 0 saturated heterocycles. The molecule has 0 aliphatic heterocycles. The molecule has 0 bridgehead atoms.